The second-order valence-corrected chi connectivity index (χ2v) is 5.91. The number of halogens is 1. The van der Waals surface area contributed by atoms with E-state index in [-0.39, 0.29) is 9.92 Å². The lowest BCUT2D eigenvalue weighted by Gasteiger charge is -2.09. The van der Waals surface area contributed by atoms with E-state index in [0.29, 0.717) is 32.2 Å². The van der Waals surface area contributed by atoms with Gasteiger partial charge in [0, 0.05) is 20.3 Å². The number of methoxy groups -OCH3 is 1. The third-order valence-corrected chi connectivity index (χ3v) is 3.56. The van der Waals surface area contributed by atoms with Gasteiger partial charge in [-0.2, -0.15) is 0 Å². The molecule has 20 heavy (non-hydrogen) atoms. The van der Waals surface area contributed by atoms with Gasteiger partial charge in [-0.15, -0.1) is 0 Å². The number of hydrogen-bond acceptors (Lipinski definition) is 5. The Hall–Kier alpha value is -0.860. The van der Waals surface area contributed by atoms with E-state index < -0.39 is 10.0 Å². The summed E-state index contributed by atoms with van der Waals surface area (Å²) in [5.74, 6) is 0.388. The van der Waals surface area contributed by atoms with Gasteiger partial charge >= 0.3 is 0 Å². The number of nitrogens with two attached hydrogens (primary N) is 1. The molecule has 0 radical (unpaired) electrons. The summed E-state index contributed by atoms with van der Waals surface area (Å²) in [5, 5.41) is 5.19. The first-order chi connectivity index (χ1) is 9.45. The molecule has 0 amide bonds. The summed E-state index contributed by atoms with van der Waals surface area (Å²) in [4.78, 5) is -0.0503. The molecule has 2 N–H and O–H groups in total. The molecule has 0 fully saturated rings. The van der Waals surface area contributed by atoms with Crippen molar-refractivity contribution < 1.29 is 22.6 Å². The fourth-order valence-electron chi connectivity index (χ4n) is 1.39. The Morgan fingerprint density at radius 1 is 1.20 bits per heavy atom. The van der Waals surface area contributed by atoms with Crippen LogP contribution in [-0.2, 0) is 19.5 Å². The fourth-order valence-corrected chi connectivity index (χ4v) is 2.23. The van der Waals surface area contributed by atoms with E-state index in [1.165, 1.54) is 18.2 Å². The molecule has 0 spiro atoms. The van der Waals surface area contributed by atoms with Gasteiger partial charge in [0.25, 0.3) is 0 Å². The van der Waals surface area contributed by atoms with Crippen molar-refractivity contribution in [3.05, 3.63) is 23.2 Å². The first-order valence-corrected chi connectivity index (χ1v) is 7.89. The number of primary sulfonamides is 1. The van der Waals surface area contributed by atoms with Crippen molar-refractivity contribution in [2.24, 2.45) is 5.14 Å². The highest BCUT2D eigenvalue weighted by Crippen LogP contribution is 2.26. The zero-order valence-electron chi connectivity index (χ0n) is 11.2. The van der Waals surface area contributed by atoms with Gasteiger partial charge in [0.2, 0.25) is 10.0 Å². The molecule has 0 aromatic heterocycles. The molecule has 0 heterocycles. The number of rotatable bonds is 9. The molecule has 0 aliphatic heterocycles. The Labute approximate surface area is 123 Å². The van der Waals surface area contributed by atoms with Crippen LogP contribution in [0.2, 0.25) is 5.02 Å². The van der Waals surface area contributed by atoms with Crippen molar-refractivity contribution in [3.8, 4) is 5.75 Å². The molecule has 6 nitrogen and oxygen atoms in total. The summed E-state index contributed by atoms with van der Waals surface area (Å²) in [6.45, 7) is 1.98. The summed E-state index contributed by atoms with van der Waals surface area (Å²) in [6.07, 6.45) is 0.820. The highest BCUT2D eigenvalue weighted by atomic mass is 35.5. The van der Waals surface area contributed by atoms with Crippen LogP contribution in [0.4, 0.5) is 0 Å². The number of ether oxygens (including phenoxy) is 3. The highest BCUT2D eigenvalue weighted by Gasteiger charge is 2.11. The second kappa shape index (κ2) is 8.43. The van der Waals surface area contributed by atoms with E-state index in [4.69, 9.17) is 31.0 Å². The van der Waals surface area contributed by atoms with Gasteiger partial charge in [0.05, 0.1) is 16.5 Å². The van der Waals surface area contributed by atoms with E-state index in [1.807, 2.05) is 0 Å². The van der Waals surface area contributed by atoms with Gasteiger partial charge in [-0.3, -0.25) is 0 Å². The molecule has 0 aliphatic carbocycles. The van der Waals surface area contributed by atoms with Crippen LogP contribution in [0.5, 0.6) is 5.75 Å². The van der Waals surface area contributed by atoms with Crippen LogP contribution < -0.4 is 9.88 Å². The topological polar surface area (TPSA) is 87.8 Å². The molecular weight excluding hydrogens is 306 g/mol. The van der Waals surface area contributed by atoms with Crippen LogP contribution in [0.25, 0.3) is 0 Å². The van der Waals surface area contributed by atoms with Crippen LogP contribution in [0.15, 0.2) is 23.1 Å². The Bertz CT molecular complexity index is 521. The van der Waals surface area contributed by atoms with E-state index in [1.54, 1.807) is 7.11 Å². The molecule has 0 unspecified atom stereocenters. The summed E-state index contributed by atoms with van der Waals surface area (Å²) in [7, 11) is -2.12. The Kier molecular flexibility index (Phi) is 7.25. The third kappa shape index (κ3) is 6.06. The summed E-state index contributed by atoms with van der Waals surface area (Å²) in [6, 6.07) is 4.06. The molecule has 114 valence electrons. The lowest BCUT2D eigenvalue weighted by Crippen LogP contribution is -2.12. The fraction of sp³-hybridized carbons (Fsp3) is 0.500. The van der Waals surface area contributed by atoms with Gasteiger partial charge in [0.15, 0.2) is 0 Å². The van der Waals surface area contributed by atoms with Crippen molar-refractivity contribution in [1.29, 1.82) is 0 Å². The van der Waals surface area contributed by atoms with E-state index in [9.17, 15) is 8.42 Å². The molecular formula is C12H18ClNO5S. The van der Waals surface area contributed by atoms with Gasteiger partial charge in [-0.25, -0.2) is 13.6 Å². The van der Waals surface area contributed by atoms with Crippen molar-refractivity contribution in [2.45, 2.75) is 11.3 Å². The van der Waals surface area contributed by atoms with Crippen molar-refractivity contribution >= 4 is 21.6 Å². The molecule has 8 heteroatoms. The summed E-state index contributed by atoms with van der Waals surface area (Å²) < 4.78 is 37.8. The van der Waals surface area contributed by atoms with Crippen LogP contribution in [0, 0.1) is 0 Å². The third-order valence-electron chi connectivity index (χ3n) is 2.35. The molecule has 1 aromatic carbocycles. The SMILES string of the molecule is COCCCOCCOc1ccc(S(N)(=O)=O)cc1Cl. The first kappa shape index (κ1) is 17.2. The molecule has 1 aromatic rings. The number of sulfonamides is 1. The maximum absolute atomic E-state index is 11.1. The van der Waals surface area contributed by atoms with E-state index >= 15 is 0 Å². The molecule has 0 saturated heterocycles. The molecule has 0 aliphatic rings. The largest absolute Gasteiger partial charge is 0.490 e. The zero-order chi connectivity index (χ0) is 15.0. The Morgan fingerprint density at radius 2 is 1.95 bits per heavy atom. The van der Waals surface area contributed by atoms with Gasteiger partial charge in [-0.1, -0.05) is 11.6 Å². The first-order valence-electron chi connectivity index (χ1n) is 5.97. The van der Waals surface area contributed by atoms with Crippen LogP contribution >= 0.6 is 11.6 Å². The van der Waals surface area contributed by atoms with E-state index in [0.717, 1.165) is 6.42 Å². The summed E-state index contributed by atoms with van der Waals surface area (Å²) >= 11 is 5.91. The van der Waals surface area contributed by atoms with Crippen molar-refractivity contribution in [3.63, 3.8) is 0 Å². The predicted molar refractivity (Wildman–Crippen MR) is 75.6 cm³/mol. The molecule has 0 saturated carbocycles. The van der Waals surface area contributed by atoms with Crippen LogP contribution in [-0.4, -0.2) is 42.0 Å². The number of benzene rings is 1. The van der Waals surface area contributed by atoms with Gasteiger partial charge < -0.3 is 14.2 Å². The van der Waals surface area contributed by atoms with Gasteiger partial charge in [-0.05, 0) is 24.6 Å². The quantitative estimate of drug-likeness (QED) is 0.694. The van der Waals surface area contributed by atoms with Crippen LogP contribution in [0.3, 0.4) is 0 Å². The van der Waals surface area contributed by atoms with Crippen molar-refractivity contribution in [1.82, 2.24) is 0 Å². The highest BCUT2D eigenvalue weighted by molar-refractivity contribution is 7.89. The van der Waals surface area contributed by atoms with Gasteiger partial charge in [0.1, 0.15) is 12.4 Å². The smallest absolute Gasteiger partial charge is 0.238 e. The molecule has 0 bridgehead atoms. The minimum Gasteiger partial charge on any atom is -0.490 e. The average molecular weight is 324 g/mol. The summed E-state index contributed by atoms with van der Waals surface area (Å²) in [5.41, 5.74) is 0. The lowest BCUT2D eigenvalue weighted by atomic mass is 10.3. The lowest BCUT2D eigenvalue weighted by molar-refractivity contribution is 0.0806. The molecule has 1 rings (SSSR count). The minimum absolute atomic E-state index is 0.0503. The van der Waals surface area contributed by atoms with E-state index in [2.05, 4.69) is 0 Å². The zero-order valence-corrected chi connectivity index (χ0v) is 12.7. The Morgan fingerprint density at radius 3 is 2.55 bits per heavy atom. The average Bonchev–Trinajstić information content (AvgIpc) is 2.38. The normalized spacial score (nSPS) is 11.6. The monoisotopic (exact) mass is 323 g/mol. The Balaban J connectivity index is 2.38. The van der Waals surface area contributed by atoms with Crippen LogP contribution in [0.1, 0.15) is 6.42 Å². The minimum atomic E-state index is -3.76. The molecule has 0 atom stereocenters. The predicted octanol–water partition coefficient (Wildman–Crippen LogP) is 1.42. The van der Waals surface area contributed by atoms with Crippen molar-refractivity contribution in [2.75, 3.05) is 33.5 Å². The number of hydrogen-bond donors (Lipinski definition) is 1. The maximum atomic E-state index is 11.1. The maximum Gasteiger partial charge on any atom is 0.238 e. The standard InChI is InChI=1S/C12H18ClNO5S/c1-17-5-2-6-18-7-8-19-12-4-3-10(9-11(12)13)20(14,15)16/h3-4,9H,2,5-8H2,1H3,(H2,14,15,16). The second-order valence-electron chi connectivity index (χ2n) is 3.94.